The molecule has 0 radical (unpaired) electrons. The average Bonchev–Trinajstić information content (AvgIpc) is 2.38. The van der Waals surface area contributed by atoms with E-state index in [1.807, 2.05) is 13.0 Å². The van der Waals surface area contributed by atoms with Gasteiger partial charge in [0.1, 0.15) is 5.75 Å². The number of benzene rings is 1. The van der Waals surface area contributed by atoms with Crippen LogP contribution in [0, 0.1) is 6.92 Å². The Labute approximate surface area is 110 Å². The molecule has 0 aliphatic heterocycles. The fourth-order valence-corrected chi connectivity index (χ4v) is 1.87. The Hall–Kier alpha value is -2.01. The highest BCUT2D eigenvalue weighted by atomic mass is 19.3. The van der Waals surface area contributed by atoms with Gasteiger partial charge in [-0.2, -0.15) is 8.78 Å². The lowest BCUT2D eigenvalue weighted by molar-refractivity contribution is -0.0498. The molecule has 0 saturated carbocycles. The Balaban J connectivity index is 2.29. The molecule has 2 aromatic rings. The van der Waals surface area contributed by atoms with Gasteiger partial charge in [0.25, 0.3) is 0 Å². The zero-order valence-electron chi connectivity index (χ0n) is 10.4. The lowest BCUT2D eigenvalue weighted by atomic mass is 9.97. The van der Waals surface area contributed by atoms with Crippen molar-refractivity contribution in [2.75, 3.05) is 0 Å². The zero-order valence-corrected chi connectivity index (χ0v) is 10.4. The van der Waals surface area contributed by atoms with Crippen LogP contribution in [0.15, 0.2) is 42.7 Å². The Bertz CT molecular complexity index is 561. The Morgan fingerprint density at radius 3 is 2.74 bits per heavy atom. The number of aromatic nitrogens is 1. The van der Waals surface area contributed by atoms with Crippen LogP contribution in [-0.4, -0.2) is 11.6 Å². The van der Waals surface area contributed by atoms with Gasteiger partial charge in [-0.25, -0.2) is 0 Å². The molecular weight excluding hydrogens is 250 g/mol. The number of hydrogen-bond donors (Lipinski definition) is 1. The number of hydrogen-bond acceptors (Lipinski definition) is 3. The first kappa shape index (κ1) is 13.4. The van der Waals surface area contributed by atoms with Gasteiger partial charge in [-0.3, -0.25) is 4.98 Å². The van der Waals surface area contributed by atoms with E-state index in [0.29, 0.717) is 5.56 Å². The number of nitrogens with two attached hydrogens (primary N) is 1. The molecule has 1 aromatic carbocycles. The van der Waals surface area contributed by atoms with Crippen molar-refractivity contribution < 1.29 is 13.5 Å². The maximum atomic E-state index is 12.2. The molecular formula is C14H14F2N2O. The summed E-state index contributed by atoms with van der Waals surface area (Å²) >= 11 is 0. The number of rotatable bonds is 4. The van der Waals surface area contributed by atoms with E-state index in [9.17, 15) is 8.78 Å². The first-order chi connectivity index (χ1) is 9.08. The number of nitrogens with zero attached hydrogens (tertiary/aromatic N) is 1. The molecule has 19 heavy (non-hydrogen) atoms. The molecule has 100 valence electrons. The molecule has 0 aliphatic carbocycles. The average molecular weight is 264 g/mol. The fourth-order valence-electron chi connectivity index (χ4n) is 1.87. The molecule has 3 nitrogen and oxygen atoms in total. The van der Waals surface area contributed by atoms with Gasteiger partial charge in [0.2, 0.25) is 0 Å². The third-order valence-electron chi connectivity index (χ3n) is 2.86. The maximum absolute atomic E-state index is 12.2. The van der Waals surface area contributed by atoms with Gasteiger partial charge in [0, 0.05) is 12.4 Å². The fraction of sp³-hybridized carbons (Fsp3) is 0.214. The van der Waals surface area contributed by atoms with Gasteiger partial charge in [0.15, 0.2) is 0 Å². The van der Waals surface area contributed by atoms with E-state index < -0.39 is 12.7 Å². The van der Waals surface area contributed by atoms with Crippen molar-refractivity contribution in [1.29, 1.82) is 0 Å². The van der Waals surface area contributed by atoms with Gasteiger partial charge < -0.3 is 10.5 Å². The molecule has 0 bridgehead atoms. The van der Waals surface area contributed by atoms with E-state index >= 15 is 0 Å². The van der Waals surface area contributed by atoms with Crippen LogP contribution >= 0.6 is 0 Å². The minimum absolute atomic E-state index is 0.101. The van der Waals surface area contributed by atoms with E-state index in [4.69, 9.17) is 5.73 Å². The van der Waals surface area contributed by atoms with Gasteiger partial charge in [-0.1, -0.05) is 12.1 Å². The summed E-state index contributed by atoms with van der Waals surface area (Å²) in [6, 6.07) is 7.83. The number of pyridine rings is 1. The first-order valence-corrected chi connectivity index (χ1v) is 5.79. The van der Waals surface area contributed by atoms with E-state index in [-0.39, 0.29) is 5.75 Å². The molecule has 2 N–H and O–H groups in total. The maximum Gasteiger partial charge on any atom is 0.387 e. The topological polar surface area (TPSA) is 48.1 Å². The predicted molar refractivity (Wildman–Crippen MR) is 68.1 cm³/mol. The first-order valence-electron chi connectivity index (χ1n) is 5.79. The van der Waals surface area contributed by atoms with E-state index in [0.717, 1.165) is 11.1 Å². The summed E-state index contributed by atoms with van der Waals surface area (Å²) in [4.78, 5) is 4.03. The number of alkyl halides is 2. The standard InChI is InChI=1S/C14H14F2N2O/c1-9-5-6-18-8-12(9)13(17)10-3-2-4-11(7-10)19-14(15)16/h2-8,13-14H,17H2,1H3. The third kappa shape index (κ3) is 3.26. The largest absolute Gasteiger partial charge is 0.435 e. The second kappa shape index (κ2) is 5.75. The highest BCUT2D eigenvalue weighted by molar-refractivity contribution is 5.38. The Kier molecular flexibility index (Phi) is 4.06. The summed E-state index contributed by atoms with van der Waals surface area (Å²) in [6.45, 7) is -0.914. The van der Waals surface area contributed by atoms with Gasteiger partial charge in [0.05, 0.1) is 6.04 Å². The normalized spacial score (nSPS) is 12.5. The van der Waals surface area contributed by atoms with Crippen molar-refractivity contribution in [3.05, 3.63) is 59.4 Å². The summed E-state index contributed by atoms with van der Waals surface area (Å²) in [7, 11) is 0. The smallest absolute Gasteiger partial charge is 0.387 e. The zero-order chi connectivity index (χ0) is 13.8. The molecule has 0 aliphatic rings. The molecule has 0 fully saturated rings. The molecule has 5 heteroatoms. The molecule has 0 saturated heterocycles. The molecule has 1 atom stereocenters. The van der Waals surface area contributed by atoms with Crippen LogP contribution in [0.2, 0.25) is 0 Å². The molecule has 1 aromatic heterocycles. The minimum Gasteiger partial charge on any atom is -0.435 e. The quantitative estimate of drug-likeness (QED) is 0.923. The summed E-state index contributed by atoms with van der Waals surface area (Å²) < 4.78 is 28.7. The highest BCUT2D eigenvalue weighted by Gasteiger charge is 2.13. The highest BCUT2D eigenvalue weighted by Crippen LogP contribution is 2.25. The predicted octanol–water partition coefficient (Wildman–Crippen LogP) is 3.04. The second-order valence-corrected chi connectivity index (χ2v) is 4.16. The van der Waals surface area contributed by atoms with Crippen molar-refractivity contribution in [1.82, 2.24) is 4.98 Å². The van der Waals surface area contributed by atoms with Crippen molar-refractivity contribution in [2.45, 2.75) is 19.6 Å². The van der Waals surface area contributed by atoms with E-state index in [1.54, 1.807) is 24.5 Å². The van der Waals surface area contributed by atoms with Crippen LogP contribution in [-0.2, 0) is 0 Å². The second-order valence-electron chi connectivity index (χ2n) is 4.16. The van der Waals surface area contributed by atoms with Crippen LogP contribution < -0.4 is 10.5 Å². The van der Waals surface area contributed by atoms with Crippen LogP contribution in [0.4, 0.5) is 8.78 Å². The van der Waals surface area contributed by atoms with Gasteiger partial charge in [-0.05, 0) is 41.8 Å². The molecule has 2 rings (SSSR count). The third-order valence-corrected chi connectivity index (χ3v) is 2.86. The van der Waals surface area contributed by atoms with Crippen LogP contribution in [0.3, 0.4) is 0 Å². The SMILES string of the molecule is Cc1ccncc1C(N)c1cccc(OC(F)F)c1. The molecule has 1 unspecified atom stereocenters. The van der Waals surface area contributed by atoms with Gasteiger partial charge in [-0.15, -0.1) is 0 Å². The van der Waals surface area contributed by atoms with E-state index in [2.05, 4.69) is 9.72 Å². The molecule has 0 spiro atoms. The molecule has 1 heterocycles. The molecule has 0 amide bonds. The van der Waals surface area contributed by atoms with Gasteiger partial charge >= 0.3 is 6.61 Å². The van der Waals surface area contributed by atoms with Crippen LogP contribution in [0.25, 0.3) is 0 Å². The van der Waals surface area contributed by atoms with Crippen molar-refractivity contribution in [3.63, 3.8) is 0 Å². The Morgan fingerprint density at radius 1 is 1.26 bits per heavy atom. The van der Waals surface area contributed by atoms with Crippen LogP contribution in [0.5, 0.6) is 5.75 Å². The number of halogens is 2. The van der Waals surface area contributed by atoms with Crippen molar-refractivity contribution in [3.8, 4) is 5.75 Å². The number of aryl methyl sites for hydroxylation is 1. The van der Waals surface area contributed by atoms with Crippen molar-refractivity contribution in [2.24, 2.45) is 5.73 Å². The van der Waals surface area contributed by atoms with Crippen molar-refractivity contribution >= 4 is 0 Å². The van der Waals surface area contributed by atoms with E-state index in [1.165, 1.54) is 12.1 Å². The monoisotopic (exact) mass is 264 g/mol. The Morgan fingerprint density at radius 2 is 2.05 bits per heavy atom. The minimum atomic E-state index is -2.84. The summed E-state index contributed by atoms with van der Waals surface area (Å²) in [5, 5.41) is 0. The summed E-state index contributed by atoms with van der Waals surface area (Å²) in [6.07, 6.45) is 3.36. The lowest BCUT2D eigenvalue weighted by Crippen LogP contribution is -2.14. The number of ether oxygens (including phenoxy) is 1. The summed E-state index contributed by atoms with van der Waals surface area (Å²) in [5.41, 5.74) is 8.70. The van der Waals surface area contributed by atoms with Crippen LogP contribution in [0.1, 0.15) is 22.7 Å². The summed E-state index contributed by atoms with van der Waals surface area (Å²) in [5.74, 6) is 0.101. The lowest BCUT2D eigenvalue weighted by Gasteiger charge is -2.15.